The number of hydrogen-bond acceptors (Lipinski definition) is 6. The van der Waals surface area contributed by atoms with Crippen LogP contribution in [-0.2, 0) is 22.5 Å². The van der Waals surface area contributed by atoms with Gasteiger partial charge >= 0.3 is 6.09 Å². The Bertz CT molecular complexity index is 773. The minimum atomic E-state index is -0.550. The van der Waals surface area contributed by atoms with E-state index in [-0.39, 0.29) is 12.5 Å². The third-order valence-corrected chi connectivity index (χ3v) is 4.86. The fourth-order valence-corrected chi connectivity index (χ4v) is 3.48. The van der Waals surface area contributed by atoms with Crippen LogP contribution in [0.5, 0.6) is 5.75 Å². The molecular weight excluding hydrogens is 342 g/mol. The number of methoxy groups -OCH3 is 1. The van der Waals surface area contributed by atoms with Crippen molar-refractivity contribution in [1.82, 2.24) is 9.88 Å². The zero-order chi connectivity index (χ0) is 17.8. The van der Waals surface area contributed by atoms with E-state index in [1.54, 1.807) is 4.90 Å². The van der Waals surface area contributed by atoms with Gasteiger partial charge in [-0.2, -0.15) is 0 Å². The van der Waals surface area contributed by atoms with Gasteiger partial charge in [-0.1, -0.05) is 29.0 Å². The van der Waals surface area contributed by atoms with E-state index in [0.29, 0.717) is 30.4 Å². The van der Waals surface area contributed by atoms with E-state index in [0.717, 1.165) is 16.1 Å². The number of amides is 2. The number of aryl methyl sites for hydroxylation is 1. The molecule has 0 saturated carbocycles. The lowest BCUT2D eigenvalue weighted by molar-refractivity contribution is -0.134. The normalized spacial score (nSPS) is 13.1. The third kappa shape index (κ3) is 4.27. The van der Waals surface area contributed by atoms with E-state index in [1.165, 1.54) is 18.4 Å². The summed E-state index contributed by atoms with van der Waals surface area (Å²) in [7, 11) is 1.30. The summed E-state index contributed by atoms with van der Waals surface area (Å²) < 4.78 is 10.1. The van der Waals surface area contributed by atoms with Gasteiger partial charge in [0.15, 0.2) is 11.7 Å². The Morgan fingerprint density at radius 2 is 2.08 bits per heavy atom. The van der Waals surface area contributed by atoms with Crippen LogP contribution < -0.4 is 10.1 Å². The SMILES string of the molecule is COC(=O)Nc1nc2c(s1)CN(C(=O)COc1ccc(C)cc1)CC2. The molecule has 8 heteroatoms. The average molecular weight is 361 g/mol. The molecule has 0 unspecified atom stereocenters. The van der Waals surface area contributed by atoms with Crippen molar-refractivity contribution in [2.75, 3.05) is 25.6 Å². The summed E-state index contributed by atoms with van der Waals surface area (Å²) in [6, 6.07) is 7.59. The van der Waals surface area contributed by atoms with E-state index in [4.69, 9.17) is 4.74 Å². The summed E-state index contributed by atoms with van der Waals surface area (Å²) >= 11 is 1.36. The first-order chi connectivity index (χ1) is 12.0. The molecule has 7 nitrogen and oxygen atoms in total. The zero-order valence-electron chi connectivity index (χ0n) is 14.1. The standard InChI is InChI=1S/C17H19N3O4S/c1-11-3-5-12(6-4-11)24-10-15(21)20-8-7-13-14(9-20)25-16(18-13)19-17(22)23-2/h3-6H,7-10H2,1-2H3,(H,18,19,22). The van der Waals surface area contributed by atoms with Crippen molar-refractivity contribution in [1.29, 1.82) is 0 Å². The molecule has 0 radical (unpaired) electrons. The number of thiazole rings is 1. The lowest BCUT2D eigenvalue weighted by Crippen LogP contribution is -2.38. The fraction of sp³-hybridized carbons (Fsp3) is 0.353. The number of rotatable bonds is 4. The number of nitrogens with one attached hydrogen (secondary N) is 1. The van der Waals surface area contributed by atoms with Crippen LogP contribution in [0.15, 0.2) is 24.3 Å². The van der Waals surface area contributed by atoms with Crippen LogP contribution in [0.1, 0.15) is 16.1 Å². The maximum absolute atomic E-state index is 12.4. The highest BCUT2D eigenvalue weighted by Gasteiger charge is 2.24. The Hall–Kier alpha value is -2.61. The monoisotopic (exact) mass is 361 g/mol. The molecule has 0 fully saturated rings. The van der Waals surface area contributed by atoms with E-state index < -0.39 is 6.09 Å². The van der Waals surface area contributed by atoms with Gasteiger partial charge in [-0.3, -0.25) is 10.1 Å². The highest BCUT2D eigenvalue weighted by molar-refractivity contribution is 7.15. The summed E-state index contributed by atoms with van der Waals surface area (Å²) in [5.74, 6) is 0.612. The van der Waals surface area contributed by atoms with Crippen LogP contribution >= 0.6 is 11.3 Å². The van der Waals surface area contributed by atoms with Crippen molar-refractivity contribution in [2.45, 2.75) is 19.9 Å². The molecule has 25 heavy (non-hydrogen) atoms. The molecule has 1 aromatic carbocycles. The van der Waals surface area contributed by atoms with Crippen LogP contribution in [0.3, 0.4) is 0 Å². The molecule has 132 valence electrons. The van der Waals surface area contributed by atoms with Crippen molar-refractivity contribution in [3.05, 3.63) is 40.4 Å². The van der Waals surface area contributed by atoms with Gasteiger partial charge in [0.05, 0.1) is 19.3 Å². The first-order valence-electron chi connectivity index (χ1n) is 7.86. The quantitative estimate of drug-likeness (QED) is 0.905. The van der Waals surface area contributed by atoms with Crippen LogP contribution in [0.2, 0.25) is 0 Å². The van der Waals surface area contributed by atoms with Crippen molar-refractivity contribution in [3.63, 3.8) is 0 Å². The molecule has 1 N–H and O–H groups in total. The second-order valence-corrected chi connectivity index (χ2v) is 6.76. The van der Waals surface area contributed by atoms with Crippen molar-refractivity contribution >= 4 is 28.5 Å². The first kappa shape index (κ1) is 17.2. The highest BCUT2D eigenvalue weighted by Crippen LogP contribution is 2.28. The number of ether oxygens (including phenoxy) is 2. The Morgan fingerprint density at radius 3 is 2.80 bits per heavy atom. The van der Waals surface area contributed by atoms with Gasteiger partial charge in [0.1, 0.15) is 5.75 Å². The Labute approximate surface area is 149 Å². The summed E-state index contributed by atoms with van der Waals surface area (Å²) in [6.07, 6.45) is 0.107. The van der Waals surface area contributed by atoms with Gasteiger partial charge in [-0.25, -0.2) is 9.78 Å². The van der Waals surface area contributed by atoms with Crippen LogP contribution in [0.4, 0.5) is 9.93 Å². The summed E-state index contributed by atoms with van der Waals surface area (Å²) in [5, 5.41) is 3.05. The van der Waals surface area contributed by atoms with Gasteiger partial charge in [0, 0.05) is 17.8 Å². The summed E-state index contributed by atoms with van der Waals surface area (Å²) in [4.78, 5) is 30.7. The number of fused-ring (bicyclic) bond motifs is 1. The van der Waals surface area contributed by atoms with E-state index >= 15 is 0 Å². The molecule has 2 amide bonds. The fourth-order valence-electron chi connectivity index (χ4n) is 2.47. The predicted molar refractivity (Wildman–Crippen MR) is 93.9 cm³/mol. The Balaban J connectivity index is 1.57. The van der Waals surface area contributed by atoms with Crippen molar-refractivity contribution in [3.8, 4) is 5.75 Å². The topological polar surface area (TPSA) is 80.8 Å². The average Bonchev–Trinajstić information content (AvgIpc) is 3.02. The lowest BCUT2D eigenvalue weighted by Gasteiger charge is -2.26. The molecule has 0 aliphatic carbocycles. The predicted octanol–water partition coefficient (Wildman–Crippen LogP) is 2.59. The Morgan fingerprint density at radius 1 is 1.32 bits per heavy atom. The molecule has 1 aliphatic rings. The van der Waals surface area contributed by atoms with E-state index in [2.05, 4.69) is 15.0 Å². The molecule has 0 bridgehead atoms. The first-order valence-corrected chi connectivity index (χ1v) is 8.67. The molecule has 2 aromatic rings. The number of nitrogens with zero attached hydrogens (tertiary/aromatic N) is 2. The van der Waals surface area contributed by atoms with Crippen LogP contribution in [0, 0.1) is 6.92 Å². The van der Waals surface area contributed by atoms with Gasteiger partial charge in [0.25, 0.3) is 5.91 Å². The number of aromatic nitrogens is 1. The molecule has 3 rings (SSSR count). The van der Waals surface area contributed by atoms with Crippen molar-refractivity contribution in [2.24, 2.45) is 0 Å². The summed E-state index contributed by atoms with van der Waals surface area (Å²) in [5.41, 5.74) is 2.06. The lowest BCUT2D eigenvalue weighted by atomic mass is 10.2. The molecule has 0 saturated heterocycles. The van der Waals surface area contributed by atoms with Gasteiger partial charge in [-0.15, -0.1) is 0 Å². The molecule has 1 aromatic heterocycles. The Kier molecular flexibility index (Phi) is 5.18. The van der Waals surface area contributed by atoms with Crippen LogP contribution in [0.25, 0.3) is 0 Å². The highest BCUT2D eigenvalue weighted by atomic mass is 32.1. The number of anilines is 1. The second kappa shape index (κ2) is 7.52. The minimum Gasteiger partial charge on any atom is -0.484 e. The maximum Gasteiger partial charge on any atom is 0.413 e. The number of carbonyl (C=O) groups is 2. The maximum atomic E-state index is 12.4. The van der Waals surface area contributed by atoms with E-state index in [1.807, 2.05) is 31.2 Å². The number of benzene rings is 1. The van der Waals surface area contributed by atoms with Gasteiger partial charge < -0.3 is 14.4 Å². The largest absolute Gasteiger partial charge is 0.484 e. The minimum absolute atomic E-state index is 0.00443. The third-order valence-electron chi connectivity index (χ3n) is 3.86. The van der Waals surface area contributed by atoms with Crippen LogP contribution in [-0.4, -0.2) is 42.1 Å². The number of hydrogen-bond donors (Lipinski definition) is 1. The van der Waals surface area contributed by atoms with Gasteiger partial charge in [-0.05, 0) is 19.1 Å². The second-order valence-electron chi connectivity index (χ2n) is 5.67. The molecular formula is C17H19N3O4S. The van der Waals surface area contributed by atoms with Crippen molar-refractivity contribution < 1.29 is 19.1 Å². The molecule has 0 spiro atoms. The smallest absolute Gasteiger partial charge is 0.413 e. The molecule has 2 heterocycles. The molecule has 1 aliphatic heterocycles. The van der Waals surface area contributed by atoms with E-state index in [9.17, 15) is 9.59 Å². The number of carbonyl (C=O) groups excluding carboxylic acids is 2. The summed E-state index contributed by atoms with van der Waals surface area (Å²) in [6.45, 7) is 3.07. The van der Waals surface area contributed by atoms with Gasteiger partial charge in [0.2, 0.25) is 0 Å². The molecule has 0 atom stereocenters. The zero-order valence-corrected chi connectivity index (χ0v) is 14.9.